The summed E-state index contributed by atoms with van der Waals surface area (Å²) in [6.45, 7) is 0.677. The molecule has 98 valence electrons. The largest absolute Gasteiger partial charge is 0.354 e. The van der Waals surface area contributed by atoms with Crippen molar-refractivity contribution < 1.29 is 4.79 Å². The second-order valence-electron chi connectivity index (χ2n) is 4.74. The van der Waals surface area contributed by atoms with Crippen LogP contribution in [0, 0.1) is 5.92 Å². The maximum Gasteiger partial charge on any atom is 0.236 e. The van der Waals surface area contributed by atoms with Crippen LogP contribution in [0.3, 0.4) is 0 Å². The van der Waals surface area contributed by atoms with E-state index in [1.165, 1.54) is 17.7 Å². The average molecular weight is 264 g/mol. The molecular formula is C14H20N2OS. The first kappa shape index (κ1) is 13.4. The lowest BCUT2D eigenvalue weighted by atomic mass is 10.1. The first-order valence-electron chi connectivity index (χ1n) is 6.47. The molecule has 0 heterocycles. The normalized spacial score (nSPS) is 16.3. The molecule has 3 nitrogen and oxygen atoms in total. The summed E-state index contributed by atoms with van der Waals surface area (Å²) in [5.41, 5.74) is 5.83. The smallest absolute Gasteiger partial charge is 0.236 e. The van der Waals surface area contributed by atoms with Gasteiger partial charge >= 0.3 is 0 Å². The zero-order valence-corrected chi connectivity index (χ0v) is 11.3. The van der Waals surface area contributed by atoms with Gasteiger partial charge in [-0.25, -0.2) is 0 Å². The van der Waals surface area contributed by atoms with E-state index in [1.54, 1.807) is 11.8 Å². The summed E-state index contributed by atoms with van der Waals surface area (Å²) in [6.07, 6.45) is 3.33. The average Bonchev–Trinajstić information content (AvgIpc) is 3.19. The molecule has 1 amide bonds. The summed E-state index contributed by atoms with van der Waals surface area (Å²) in [7, 11) is 0. The first-order chi connectivity index (χ1) is 8.75. The van der Waals surface area contributed by atoms with Gasteiger partial charge in [0.25, 0.3) is 0 Å². The molecule has 0 spiro atoms. The highest BCUT2D eigenvalue weighted by Gasteiger charge is 2.26. The SMILES string of the molecule is N[C@@H](CC1CC1)C(=O)NCCSc1ccccc1. The Morgan fingerprint density at radius 2 is 2.11 bits per heavy atom. The zero-order chi connectivity index (χ0) is 12.8. The summed E-state index contributed by atoms with van der Waals surface area (Å²) in [5.74, 6) is 1.58. The highest BCUT2D eigenvalue weighted by Crippen LogP contribution is 2.33. The Morgan fingerprint density at radius 3 is 2.78 bits per heavy atom. The Hall–Kier alpha value is -1.00. The van der Waals surface area contributed by atoms with Gasteiger partial charge in [-0.1, -0.05) is 31.0 Å². The molecule has 1 aliphatic carbocycles. The van der Waals surface area contributed by atoms with Gasteiger partial charge in [-0.05, 0) is 24.5 Å². The minimum Gasteiger partial charge on any atom is -0.354 e. The van der Waals surface area contributed by atoms with Crippen LogP contribution in [0.1, 0.15) is 19.3 Å². The highest BCUT2D eigenvalue weighted by atomic mass is 32.2. The van der Waals surface area contributed by atoms with Gasteiger partial charge in [0.05, 0.1) is 6.04 Å². The third-order valence-corrected chi connectivity index (χ3v) is 4.05. The van der Waals surface area contributed by atoms with E-state index in [2.05, 4.69) is 17.4 Å². The van der Waals surface area contributed by atoms with Gasteiger partial charge in [-0.2, -0.15) is 0 Å². The van der Waals surface area contributed by atoms with Crippen LogP contribution in [0.4, 0.5) is 0 Å². The number of amides is 1. The van der Waals surface area contributed by atoms with Gasteiger partial charge in [0.1, 0.15) is 0 Å². The van der Waals surface area contributed by atoms with Crippen molar-refractivity contribution in [2.24, 2.45) is 11.7 Å². The van der Waals surface area contributed by atoms with Crippen LogP contribution < -0.4 is 11.1 Å². The van der Waals surface area contributed by atoms with Crippen molar-refractivity contribution in [1.82, 2.24) is 5.32 Å². The van der Waals surface area contributed by atoms with Crippen molar-refractivity contribution in [1.29, 1.82) is 0 Å². The number of thioether (sulfide) groups is 1. The van der Waals surface area contributed by atoms with Crippen LogP contribution in [0.15, 0.2) is 35.2 Å². The van der Waals surface area contributed by atoms with Crippen molar-refractivity contribution in [3.8, 4) is 0 Å². The Labute approximate surface area is 113 Å². The van der Waals surface area contributed by atoms with Gasteiger partial charge in [0.15, 0.2) is 0 Å². The highest BCUT2D eigenvalue weighted by molar-refractivity contribution is 7.99. The number of nitrogens with two attached hydrogens (primary N) is 1. The number of benzene rings is 1. The Balaban J connectivity index is 1.58. The molecule has 0 unspecified atom stereocenters. The van der Waals surface area contributed by atoms with Crippen molar-refractivity contribution in [2.45, 2.75) is 30.2 Å². The van der Waals surface area contributed by atoms with E-state index in [-0.39, 0.29) is 11.9 Å². The van der Waals surface area contributed by atoms with E-state index < -0.39 is 0 Å². The second-order valence-corrected chi connectivity index (χ2v) is 5.91. The van der Waals surface area contributed by atoms with Gasteiger partial charge in [0, 0.05) is 17.2 Å². The zero-order valence-electron chi connectivity index (χ0n) is 10.5. The maximum atomic E-state index is 11.7. The predicted octanol–water partition coefficient (Wildman–Crippen LogP) is 2.02. The second kappa shape index (κ2) is 6.81. The molecular weight excluding hydrogens is 244 g/mol. The molecule has 1 fully saturated rings. The monoisotopic (exact) mass is 264 g/mol. The lowest BCUT2D eigenvalue weighted by molar-refractivity contribution is -0.122. The summed E-state index contributed by atoms with van der Waals surface area (Å²) >= 11 is 1.74. The van der Waals surface area contributed by atoms with Crippen LogP contribution in [-0.2, 0) is 4.79 Å². The molecule has 0 aromatic heterocycles. The molecule has 1 aromatic rings. The van der Waals surface area contributed by atoms with Crippen molar-refractivity contribution in [2.75, 3.05) is 12.3 Å². The van der Waals surface area contributed by atoms with Crippen LogP contribution in [0.5, 0.6) is 0 Å². The van der Waals surface area contributed by atoms with Crippen LogP contribution >= 0.6 is 11.8 Å². The number of nitrogens with one attached hydrogen (secondary N) is 1. The number of rotatable bonds is 7. The fraction of sp³-hybridized carbons (Fsp3) is 0.500. The van der Waals surface area contributed by atoms with E-state index in [4.69, 9.17) is 5.73 Å². The van der Waals surface area contributed by atoms with E-state index in [9.17, 15) is 4.79 Å². The summed E-state index contributed by atoms with van der Waals surface area (Å²) < 4.78 is 0. The molecule has 0 aliphatic heterocycles. The molecule has 0 bridgehead atoms. The molecule has 4 heteroatoms. The molecule has 1 aromatic carbocycles. The molecule has 2 rings (SSSR count). The van der Waals surface area contributed by atoms with E-state index in [1.807, 2.05) is 18.2 Å². The summed E-state index contributed by atoms with van der Waals surface area (Å²) in [4.78, 5) is 12.9. The lowest BCUT2D eigenvalue weighted by Crippen LogP contribution is -2.41. The third kappa shape index (κ3) is 4.70. The molecule has 1 atom stereocenters. The van der Waals surface area contributed by atoms with Crippen molar-refractivity contribution in [3.05, 3.63) is 30.3 Å². The summed E-state index contributed by atoms with van der Waals surface area (Å²) in [5, 5.41) is 2.90. The predicted molar refractivity (Wildman–Crippen MR) is 75.5 cm³/mol. The van der Waals surface area contributed by atoms with Crippen LogP contribution in [-0.4, -0.2) is 24.2 Å². The Bertz CT molecular complexity index is 379. The molecule has 1 saturated carbocycles. The molecule has 1 aliphatic rings. The molecule has 18 heavy (non-hydrogen) atoms. The van der Waals surface area contributed by atoms with Crippen molar-refractivity contribution >= 4 is 17.7 Å². The maximum absolute atomic E-state index is 11.7. The van der Waals surface area contributed by atoms with E-state index in [0.29, 0.717) is 12.5 Å². The number of carbonyl (C=O) groups is 1. The Kier molecular flexibility index (Phi) is 5.08. The van der Waals surface area contributed by atoms with Gasteiger partial charge in [0.2, 0.25) is 5.91 Å². The minimum absolute atomic E-state index is 0.00411. The topological polar surface area (TPSA) is 55.1 Å². The fourth-order valence-electron chi connectivity index (χ4n) is 1.81. The van der Waals surface area contributed by atoms with Crippen LogP contribution in [0.2, 0.25) is 0 Å². The molecule has 3 N–H and O–H groups in total. The van der Waals surface area contributed by atoms with Crippen molar-refractivity contribution in [3.63, 3.8) is 0 Å². The standard InChI is InChI=1S/C14H20N2OS/c15-13(10-11-6-7-11)14(17)16-8-9-18-12-4-2-1-3-5-12/h1-5,11,13H,6-10,15H2,(H,16,17)/t13-/m0/s1. The van der Waals surface area contributed by atoms with Crippen LogP contribution in [0.25, 0.3) is 0 Å². The molecule has 0 radical (unpaired) electrons. The minimum atomic E-state index is -0.320. The summed E-state index contributed by atoms with van der Waals surface area (Å²) in [6, 6.07) is 9.87. The Morgan fingerprint density at radius 1 is 1.39 bits per heavy atom. The number of hydrogen-bond donors (Lipinski definition) is 2. The van der Waals surface area contributed by atoms with Gasteiger partial charge in [-0.3, -0.25) is 4.79 Å². The van der Waals surface area contributed by atoms with Gasteiger partial charge in [-0.15, -0.1) is 11.8 Å². The van der Waals surface area contributed by atoms with Gasteiger partial charge < -0.3 is 11.1 Å². The third-order valence-electron chi connectivity index (χ3n) is 3.03. The quantitative estimate of drug-likeness (QED) is 0.585. The first-order valence-corrected chi connectivity index (χ1v) is 7.45. The lowest BCUT2D eigenvalue weighted by Gasteiger charge is -2.11. The molecule has 0 saturated heterocycles. The number of carbonyl (C=O) groups excluding carboxylic acids is 1. The fourth-order valence-corrected chi connectivity index (χ4v) is 2.60. The van der Waals surface area contributed by atoms with E-state index in [0.717, 1.165) is 12.2 Å². The number of hydrogen-bond acceptors (Lipinski definition) is 3. The van der Waals surface area contributed by atoms with E-state index >= 15 is 0 Å².